The second kappa shape index (κ2) is 18.9. The Balaban J connectivity index is 1.59. The molecule has 0 radical (unpaired) electrons. The maximum atomic E-state index is 13.8. The van der Waals surface area contributed by atoms with Gasteiger partial charge in [0.25, 0.3) is 5.91 Å². The minimum Gasteiger partial charge on any atom is -0.373 e. The molecule has 4 amide bonds. The van der Waals surface area contributed by atoms with Crippen LogP contribution < -0.4 is 22.9 Å². The van der Waals surface area contributed by atoms with E-state index in [4.69, 9.17) is 22.3 Å². The minimum atomic E-state index is -0.949. The fourth-order valence-electron chi connectivity index (χ4n) is 7.10. The van der Waals surface area contributed by atoms with E-state index < -0.39 is 17.6 Å². The summed E-state index contributed by atoms with van der Waals surface area (Å²) in [5.74, 6) is 16.6. The number of amides is 4. The van der Waals surface area contributed by atoms with Crippen molar-refractivity contribution in [3.63, 3.8) is 0 Å². The van der Waals surface area contributed by atoms with Gasteiger partial charge in [-0.25, -0.2) is 16.5 Å². The van der Waals surface area contributed by atoms with Crippen LogP contribution in [0.3, 0.4) is 0 Å². The van der Waals surface area contributed by atoms with Crippen molar-refractivity contribution in [2.45, 2.75) is 141 Å². The van der Waals surface area contributed by atoms with Crippen LogP contribution in [0.15, 0.2) is 0 Å². The number of ether oxygens (including phenoxy) is 1. The Kier molecular flexibility index (Phi) is 15.7. The van der Waals surface area contributed by atoms with Crippen molar-refractivity contribution in [2.24, 2.45) is 29.4 Å². The Morgan fingerprint density at radius 3 is 2.14 bits per heavy atom. The molecular formula is C34H62N8O7. The van der Waals surface area contributed by atoms with Crippen LogP contribution >= 0.6 is 0 Å². The van der Waals surface area contributed by atoms with Crippen molar-refractivity contribution in [2.75, 3.05) is 32.8 Å². The second-order valence-electron chi connectivity index (χ2n) is 15.1. The predicted molar refractivity (Wildman–Crippen MR) is 184 cm³/mol. The molecule has 49 heavy (non-hydrogen) atoms. The number of rotatable bonds is 16. The first kappa shape index (κ1) is 40.6. The first-order chi connectivity index (χ1) is 23.1. The molecule has 3 atom stereocenters. The number of nitrogens with one attached hydrogen (secondary N) is 1. The van der Waals surface area contributed by atoms with Gasteiger partial charge in [0.1, 0.15) is 6.10 Å². The Hall–Kier alpha value is -2.85. The summed E-state index contributed by atoms with van der Waals surface area (Å²) in [7, 11) is 0. The van der Waals surface area contributed by atoms with Crippen molar-refractivity contribution in [3.05, 3.63) is 0 Å². The summed E-state index contributed by atoms with van der Waals surface area (Å²) in [6.45, 7) is 10.1. The number of nitrogens with zero attached hydrogens (tertiary/aromatic N) is 4. The van der Waals surface area contributed by atoms with Gasteiger partial charge in [0, 0.05) is 25.7 Å². The van der Waals surface area contributed by atoms with Gasteiger partial charge >= 0.3 is 12.0 Å². The van der Waals surface area contributed by atoms with E-state index in [9.17, 15) is 24.0 Å². The zero-order valence-electron chi connectivity index (χ0n) is 30.4. The molecule has 15 heteroatoms. The van der Waals surface area contributed by atoms with Gasteiger partial charge < -0.3 is 24.7 Å². The highest BCUT2D eigenvalue weighted by atomic mass is 16.7. The molecule has 3 rings (SSSR count). The average Bonchev–Trinajstić information content (AvgIpc) is 3.62. The maximum Gasteiger partial charge on any atom is 0.348 e. The summed E-state index contributed by atoms with van der Waals surface area (Å²) in [6.07, 6.45) is 8.00. The fraction of sp³-hybridized carbons (Fsp3) is 0.853. The Labute approximate surface area is 291 Å². The smallest absolute Gasteiger partial charge is 0.348 e. The molecule has 3 fully saturated rings. The topological polar surface area (TPSA) is 207 Å². The van der Waals surface area contributed by atoms with Crippen LogP contribution in [0.25, 0.3) is 0 Å². The number of carbonyl (C=O) groups is 5. The lowest BCUT2D eigenvalue weighted by molar-refractivity contribution is -0.150. The normalized spacial score (nSPS) is 24.3. The third-order valence-corrected chi connectivity index (χ3v) is 10.4. The molecule has 0 aromatic heterocycles. The fourth-order valence-corrected chi connectivity index (χ4v) is 7.10. The highest BCUT2D eigenvalue weighted by Gasteiger charge is 2.38. The summed E-state index contributed by atoms with van der Waals surface area (Å²) >= 11 is 0. The third kappa shape index (κ3) is 11.9. The van der Waals surface area contributed by atoms with Crippen LogP contribution in [-0.2, 0) is 28.8 Å². The molecule has 0 bridgehead atoms. The van der Waals surface area contributed by atoms with E-state index >= 15 is 0 Å². The Morgan fingerprint density at radius 2 is 1.55 bits per heavy atom. The highest BCUT2D eigenvalue weighted by Crippen LogP contribution is 2.29. The lowest BCUT2D eigenvalue weighted by Gasteiger charge is -2.41. The van der Waals surface area contributed by atoms with E-state index in [-0.39, 0.29) is 73.7 Å². The van der Waals surface area contributed by atoms with E-state index in [0.717, 1.165) is 32.1 Å². The quantitative estimate of drug-likeness (QED) is 0.104. The Morgan fingerprint density at radius 1 is 0.878 bits per heavy atom. The van der Waals surface area contributed by atoms with E-state index in [1.54, 1.807) is 0 Å². The van der Waals surface area contributed by atoms with Crippen LogP contribution in [0, 0.1) is 11.8 Å². The molecule has 7 N–H and O–H groups in total. The van der Waals surface area contributed by atoms with Gasteiger partial charge in [-0.15, -0.1) is 0 Å². The second-order valence-corrected chi connectivity index (χ2v) is 15.1. The number of hydrogen-bond acceptors (Lipinski definition) is 11. The van der Waals surface area contributed by atoms with E-state index in [0.29, 0.717) is 57.6 Å². The van der Waals surface area contributed by atoms with E-state index in [1.807, 2.05) is 27.7 Å². The lowest BCUT2D eigenvalue weighted by Crippen LogP contribution is -2.60. The van der Waals surface area contributed by atoms with Crippen molar-refractivity contribution >= 4 is 29.6 Å². The summed E-state index contributed by atoms with van der Waals surface area (Å²) < 4.78 is 5.55. The molecule has 1 heterocycles. The number of urea groups is 1. The zero-order chi connectivity index (χ0) is 36.3. The van der Waals surface area contributed by atoms with Crippen molar-refractivity contribution in [1.29, 1.82) is 0 Å². The van der Waals surface area contributed by atoms with Crippen LogP contribution in [-0.4, -0.2) is 112 Å². The van der Waals surface area contributed by atoms with Gasteiger partial charge in [0.05, 0.1) is 37.1 Å². The molecule has 0 aromatic carbocycles. The third-order valence-electron chi connectivity index (χ3n) is 10.4. The van der Waals surface area contributed by atoms with Crippen LogP contribution in [0.4, 0.5) is 4.79 Å². The molecule has 15 nitrogen and oxygen atoms in total. The first-order valence-electron chi connectivity index (χ1n) is 18.1. The first-order valence-corrected chi connectivity index (χ1v) is 18.1. The average molecular weight is 695 g/mol. The molecule has 1 saturated heterocycles. The van der Waals surface area contributed by atoms with Crippen molar-refractivity contribution in [1.82, 2.24) is 25.1 Å². The zero-order valence-corrected chi connectivity index (χ0v) is 30.4. The standard InChI is InChI=1S/C34H62N8O7/c1-23(2)16-18-39(30(44)22-40(19-17-31(45)49-37)32(46)28-11-8-20-48-28)21-29(43)34(4,5)38-25-12-14-26(15-13-25)41(35)33(47)42(36)27-10-7-6-9-24(27)3/h23-28,38H,6-22,35-37H2,1-5H3. The van der Waals surface area contributed by atoms with E-state index in [2.05, 4.69) is 17.1 Å². The molecule has 0 spiro atoms. The van der Waals surface area contributed by atoms with Gasteiger partial charge in [0.2, 0.25) is 5.91 Å². The van der Waals surface area contributed by atoms with Crippen molar-refractivity contribution < 1.29 is 33.5 Å². The molecule has 280 valence electrons. The largest absolute Gasteiger partial charge is 0.373 e. The number of hydrogen-bond donors (Lipinski definition) is 4. The van der Waals surface area contributed by atoms with Crippen molar-refractivity contribution in [3.8, 4) is 0 Å². The number of hydrazine groups is 2. The van der Waals surface area contributed by atoms with E-state index in [1.165, 1.54) is 19.8 Å². The SMILES string of the molecule is CC(C)CCN(CC(=O)C(C)(C)NC1CCC(N(N)C(=O)N(N)C2CCCCC2C)CC1)C(=O)CN(CCC(=O)ON)C(=O)C1CCCO1. The molecule has 3 aliphatic rings. The summed E-state index contributed by atoms with van der Waals surface area (Å²) in [6, 6.07) is -0.491. The number of nitrogens with two attached hydrogens (primary N) is 3. The number of Topliss-reactive ketones (excluding diaryl/α,β-unsaturated/α-hetero) is 1. The number of carbonyl (C=O) groups excluding carboxylic acids is 5. The molecule has 2 aliphatic carbocycles. The van der Waals surface area contributed by atoms with Crippen LogP contribution in [0.2, 0.25) is 0 Å². The summed E-state index contributed by atoms with van der Waals surface area (Å²) in [4.78, 5) is 72.7. The molecule has 2 saturated carbocycles. The van der Waals surface area contributed by atoms with Gasteiger partial charge in [0.15, 0.2) is 5.78 Å². The monoisotopic (exact) mass is 694 g/mol. The molecular weight excluding hydrogens is 632 g/mol. The van der Waals surface area contributed by atoms with Crippen LogP contribution in [0.5, 0.6) is 0 Å². The maximum absolute atomic E-state index is 13.8. The highest BCUT2D eigenvalue weighted by molar-refractivity contribution is 5.94. The Bertz CT molecular complexity index is 1120. The predicted octanol–water partition coefficient (Wildman–Crippen LogP) is 1.97. The number of ketones is 1. The lowest BCUT2D eigenvalue weighted by atomic mass is 9.85. The summed E-state index contributed by atoms with van der Waals surface area (Å²) in [5, 5.41) is 6.11. The molecule has 3 unspecified atom stereocenters. The molecule has 1 aliphatic heterocycles. The molecule has 0 aromatic rings. The summed E-state index contributed by atoms with van der Waals surface area (Å²) in [5.41, 5.74) is -0.949. The van der Waals surface area contributed by atoms with Gasteiger partial charge in [-0.05, 0) is 83.5 Å². The van der Waals surface area contributed by atoms with Gasteiger partial charge in [-0.2, -0.15) is 5.90 Å². The van der Waals surface area contributed by atoms with Crippen LogP contribution in [0.1, 0.15) is 112 Å². The van der Waals surface area contributed by atoms with Gasteiger partial charge in [-0.3, -0.25) is 29.2 Å². The minimum absolute atomic E-state index is 0.0102. The van der Waals surface area contributed by atoms with Gasteiger partial charge in [-0.1, -0.05) is 33.6 Å².